The zero-order chi connectivity index (χ0) is 12.3. The van der Waals surface area contributed by atoms with Gasteiger partial charge in [-0.05, 0) is 11.6 Å². The van der Waals surface area contributed by atoms with E-state index in [1.807, 2.05) is 0 Å². The molecule has 0 amide bonds. The lowest BCUT2D eigenvalue weighted by atomic mass is 10.1. The number of alkyl halides is 3. The Bertz CT molecular complexity index is 412. The zero-order valence-electron chi connectivity index (χ0n) is 7.88. The van der Waals surface area contributed by atoms with Crippen molar-refractivity contribution in [2.24, 2.45) is 0 Å². The first-order valence-corrected chi connectivity index (χ1v) is 5.32. The standard InChI is InChI=1S/C9H7BrF3NO2/c10-3-4-1-5(2-6(15)16)14-9(13)7(4)8(11)12/h1,8H,2-3H2,(H,15,16). The number of rotatable bonds is 4. The predicted molar refractivity (Wildman–Crippen MR) is 53.1 cm³/mol. The third kappa shape index (κ3) is 2.94. The van der Waals surface area contributed by atoms with E-state index < -0.39 is 30.3 Å². The molecule has 0 spiro atoms. The van der Waals surface area contributed by atoms with E-state index in [-0.39, 0.29) is 16.6 Å². The fraction of sp³-hybridized carbons (Fsp3) is 0.333. The summed E-state index contributed by atoms with van der Waals surface area (Å²) in [5.74, 6) is -2.51. The van der Waals surface area contributed by atoms with E-state index in [1.54, 1.807) is 0 Å². The summed E-state index contributed by atoms with van der Waals surface area (Å²) in [6.45, 7) is 0. The number of carbonyl (C=O) groups is 1. The highest BCUT2D eigenvalue weighted by atomic mass is 79.9. The first-order chi connectivity index (χ1) is 7.45. The second-order valence-electron chi connectivity index (χ2n) is 2.98. The molecule has 0 saturated heterocycles. The molecule has 0 aromatic carbocycles. The highest BCUT2D eigenvalue weighted by Crippen LogP contribution is 2.27. The molecule has 7 heteroatoms. The number of nitrogens with zero attached hydrogens (tertiary/aromatic N) is 1. The van der Waals surface area contributed by atoms with Crippen molar-refractivity contribution in [2.75, 3.05) is 0 Å². The van der Waals surface area contributed by atoms with Crippen LogP contribution in [0, 0.1) is 5.95 Å². The lowest BCUT2D eigenvalue weighted by Crippen LogP contribution is -2.08. The molecule has 0 saturated carbocycles. The highest BCUT2D eigenvalue weighted by Gasteiger charge is 2.20. The minimum Gasteiger partial charge on any atom is -0.481 e. The molecule has 1 heterocycles. The summed E-state index contributed by atoms with van der Waals surface area (Å²) in [6.07, 6.45) is -3.47. The Labute approximate surface area is 97.4 Å². The molecule has 16 heavy (non-hydrogen) atoms. The van der Waals surface area contributed by atoms with Crippen LogP contribution in [0.5, 0.6) is 0 Å². The van der Waals surface area contributed by atoms with Gasteiger partial charge in [-0.25, -0.2) is 13.8 Å². The van der Waals surface area contributed by atoms with Crippen LogP contribution in [0.4, 0.5) is 13.2 Å². The van der Waals surface area contributed by atoms with Crippen LogP contribution in [0.1, 0.15) is 23.2 Å². The molecule has 0 unspecified atom stereocenters. The SMILES string of the molecule is O=C(O)Cc1cc(CBr)c(C(F)F)c(F)n1. The van der Waals surface area contributed by atoms with E-state index in [4.69, 9.17) is 5.11 Å². The van der Waals surface area contributed by atoms with Crippen LogP contribution in [-0.2, 0) is 16.5 Å². The van der Waals surface area contributed by atoms with Crippen LogP contribution in [0.15, 0.2) is 6.07 Å². The Morgan fingerprint density at radius 3 is 2.62 bits per heavy atom. The van der Waals surface area contributed by atoms with Crippen molar-refractivity contribution in [3.63, 3.8) is 0 Å². The van der Waals surface area contributed by atoms with Gasteiger partial charge in [-0.1, -0.05) is 15.9 Å². The average Bonchev–Trinajstić information content (AvgIpc) is 2.14. The molecule has 1 aromatic heterocycles. The molecule has 0 fully saturated rings. The first-order valence-electron chi connectivity index (χ1n) is 4.19. The number of carboxylic acid groups (broad SMARTS) is 1. The molecule has 1 N–H and O–H groups in total. The van der Waals surface area contributed by atoms with E-state index in [1.165, 1.54) is 0 Å². The Kier molecular flexibility index (Phi) is 4.28. The number of aromatic nitrogens is 1. The van der Waals surface area contributed by atoms with Crippen molar-refractivity contribution in [2.45, 2.75) is 18.2 Å². The summed E-state index contributed by atoms with van der Waals surface area (Å²) in [6, 6.07) is 1.16. The van der Waals surface area contributed by atoms with Crippen molar-refractivity contribution < 1.29 is 23.1 Å². The monoisotopic (exact) mass is 297 g/mol. The summed E-state index contributed by atoms with van der Waals surface area (Å²) in [5.41, 5.74) is -0.853. The topological polar surface area (TPSA) is 50.2 Å². The van der Waals surface area contributed by atoms with Crippen molar-refractivity contribution in [3.05, 3.63) is 28.8 Å². The number of hydrogen-bond donors (Lipinski definition) is 1. The normalized spacial score (nSPS) is 10.8. The largest absolute Gasteiger partial charge is 0.481 e. The summed E-state index contributed by atoms with van der Waals surface area (Å²) in [7, 11) is 0. The number of pyridine rings is 1. The van der Waals surface area contributed by atoms with Gasteiger partial charge in [0.05, 0.1) is 17.7 Å². The molecule has 0 bridgehead atoms. The van der Waals surface area contributed by atoms with E-state index >= 15 is 0 Å². The molecular formula is C9H7BrF3NO2. The fourth-order valence-electron chi connectivity index (χ4n) is 1.22. The third-order valence-electron chi connectivity index (χ3n) is 1.85. The van der Waals surface area contributed by atoms with E-state index in [0.717, 1.165) is 6.07 Å². The van der Waals surface area contributed by atoms with Crippen LogP contribution >= 0.6 is 15.9 Å². The highest BCUT2D eigenvalue weighted by molar-refractivity contribution is 9.08. The van der Waals surface area contributed by atoms with Gasteiger partial charge in [0.25, 0.3) is 6.43 Å². The molecule has 0 aliphatic rings. The zero-order valence-corrected chi connectivity index (χ0v) is 9.47. The van der Waals surface area contributed by atoms with Gasteiger partial charge in [-0.3, -0.25) is 4.79 Å². The van der Waals surface area contributed by atoms with E-state index in [9.17, 15) is 18.0 Å². The second-order valence-corrected chi connectivity index (χ2v) is 3.54. The van der Waals surface area contributed by atoms with Crippen LogP contribution in [0.3, 0.4) is 0 Å². The van der Waals surface area contributed by atoms with Crippen LogP contribution < -0.4 is 0 Å². The van der Waals surface area contributed by atoms with Crippen molar-refractivity contribution in [3.8, 4) is 0 Å². The van der Waals surface area contributed by atoms with Crippen molar-refractivity contribution >= 4 is 21.9 Å². The average molecular weight is 298 g/mol. The van der Waals surface area contributed by atoms with Crippen LogP contribution in [-0.4, -0.2) is 16.1 Å². The van der Waals surface area contributed by atoms with Crippen molar-refractivity contribution in [1.82, 2.24) is 4.98 Å². The number of carboxylic acids is 1. The van der Waals surface area contributed by atoms with Gasteiger partial charge in [0.15, 0.2) is 0 Å². The van der Waals surface area contributed by atoms with Gasteiger partial charge in [-0.2, -0.15) is 4.39 Å². The van der Waals surface area contributed by atoms with Gasteiger partial charge in [0.2, 0.25) is 5.95 Å². The predicted octanol–water partition coefficient (Wildman–Crippen LogP) is 2.68. The summed E-state index contributed by atoms with van der Waals surface area (Å²) >= 11 is 2.94. The molecule has 3 nitrogen and oxygen atoms in total. The quantitative estimate of drug-likeness (QED) is 0.687. The summed E-state index contributed by atoms with van der Waals surface area (Å²) < 4.78 is 38.1. The molecule has 88 valence electrons. The molecule has 0 atom stereocenters. The Morgan fingerprint density at radius 1 is 1.56 bits per heavy atom. The fourth-order valence-corrected chi connectivity index (χ4v) is 1.68. The van der Waals surface area contributed by atoms with Gasteiger partial charge in [0.1, 0.15) is 0 Å². The molecule has 0 aliphatic carbocycles. The minimum atomic E-state index is -2.97. The Balaban J connectivity index is 3.20. The van der Waals surface area contributed by atoms with Gasteiger partial charge in [-0.15, -0.1) is 0 Å². The molecule has 1 rings (SSSR count). The molecule has 0 aliphatic heterocycles. The lowest BCUT2D eigenvalue weighted by molar-refractivity contribution is -0.136. The molecule has 0 radical (unpaired) electrons. The molecular weight excluding hydrogens is 291 g/mol. The Hall–Kier alpha value is -1.11. The minimum absolute atomic E-state index is 0.0126. The third-order valence-corrected chi connectivity index (χ3v) is 2.45. The van der Waals surface area contributed by atoms with Gasteiger partial charge >= 0.3 is 5.97 Å². The Morgan fingerprint density at radius 2 is 2.19 bits per heavy atom. The first kappa shape index (κ1) is 13.0. The van der Waals surface area contributed by atoms with Crippen molar-refractivity contribution in [1.29, 1.82) is 0 Å². The number of hydrogen-bond acceptors (Lipinski definition) is 2. The maximum atomic E-state index is 13.2. The van der Waals surface area contributed by atoms with E-state index in [2.05, 4.69) is 20.9 Å². The second kappa shape index (κ2) is 5.29. The number of halogens is 4. The van der Waals surface area contributed by atoms with Crippen LogP contribution in [0.2, 0.25) is 0 Å². The summed E-state index contributed by atoms with van der Waals surface area (Å²) in [5, 5.41) is 8.49. The summed E-state index contributed by atoms with van der Waals surface area (Å²) in [4.78, 5) is 13.6. The van der Waals surface area contributed by atoms with Crippen LogP contribution in [0.25, 0.3) is 0 Å². The number of aliphatic carboxylic acids is 1. The van der Waals surface area contributed by atoms with Gasteiger partial charge < -0.3 is 5.11 Å². The maximum absolute atomic E-state index is 13.2. The van der Waals surface area contributed by atoms with Gasteiger partial charge in [0, 0.05) is 5.33 Å². The smallest absolute Gasteiger partial charge is 0.309 e. The lowest BCUT2D eigenvalue weighted by Gasteiger charge is -2.08. The maximum Gasteiger partial charge on any atom is 0.309 e. The molecule has 1 aromatic rings. The van der Waals surface area contributed by atoms with E-state index in [0.29, 0.717) is 0 Å².